The molecule has 3 nitrogen and oxygen atoms in total. The average molecular weight is 329 g/mol. The van der Waals surface area contributed by atoms with Gasteiger partial charge in [0.25, 0.3) is 0 Å². The van der Waals surface area contributed by atoms with Crippen molar-refractivity contribution < 1.29 is 9.90 Å². The van der Waals surface area contributed by atoms with Crippen LogP contribution in [0.4, 0.5) is 0 Å². The summed E-state index contributed by atoms with van der Waals surface area (Å²) in [4.78, 5) is 14.8. The van der Waals surface area contributed by atoms with Gasteiger partial charge in [-0.15, -0.1) is 0 Å². The normalized spacial score (nSPS) is 32.7. The number of fused-ring (bicyclic) bond motifs is 4. The molecule has 132 valence electrons. The fourth-order valence-electron chi connectivity index (χ4n) is 5.10. The smallest absolute Gasteiger partial charge is 0.135 e. The van der Waals surface area contributed by atoms with Crippen molar-refractivity contribution in [3.05, 3.63) is 29.3 Å². The summed E-state index contributed by atoms with van der Waals surface area (Å²) >= 11 is 0. The number of Topliss-reactive ketones (excluding diaryl/α,β-unsaturated/α-hetero) is 1. The van der Waals surface area contributed by atoms with E-state index in [0.717, 1.165) is 25.8 Å². The lowest BCUT2D eigenvalue weighted by Gasteiger charge is -2.62. The first-order valence-corrected chi connectivity index (χ1v) is 9.24. The quantitative estimate of drug-likeness (QED) is 0.910. The zero-order chi connectivity index (χ0) is 17.7. The minimum absolute atomic E-state index is 0.00770. The zero-order valence-electron chi connectivity index (χ0n) is 15.7. The number of carbonyl (C=O) groups is 1. The Morgan fingerprint density at radius 1 is 1.38 bits per heavy atom. The van der Waals surface area contributed by atoms with E-state index in [-0.39, 0.29) is 16.7 Å². The molecule has 3 atom stereocenters. The van der Waals surface area contributed by atoms with Crippen LogP contribution in [0.2, 0.25) is 0 Å². The topological polar surface area (TPSA) is 40.5 Å². The Bertz CT molecular complexity index is 653. The molecular formula is C21H31NO2. The van der Waals surface area contributed by atoms with Crippen LogP contribution in [-0.4, -0.2) is 35.4 Å². The van der Waals surface area contributed by atoms with E-state index in [1.807, 2.05) is 26.0 Å². The minimum Gasteiger partial charge on any atom is -0.508 e. The summed E-state index contributed by atoms with van der Waals surface area (Å²) in [7, 11) is 2.22. The lowest BCUT2D eigenvalue weighted by molar-refractivity contribution is -0.124. The van der Waals surface area contributed by atoms with Gasteiger partial charge in [-0.1, -0.05) is 33.8 Å². The van der Waals surface area contributed by atoms with Gasteiger partial charge < -0.3 is 10.0 Å². The molecule has 2 aliphatic rings. The van der Waals surface area contributed by atoms with Crippen LogP contribution in [0.15, 0.2) is 18.2 Å². The minimum atomic E-state index is 0.00770. The number of aromatic hydroxyl groups is 1. The summed E-state index contributed by atoms with van der Waals surface area (Å²) in [6.45, 7) is 9.78. The molecule has 0 saturated carbocycles. The Hall–Kier alpha value is -1.35. The second-order valence-corrected chi connectivity index (χ2v) is 8.66. The number of carbonyl (C=O) groups excluding carboxylic acids is 1. The molecule has 24 heavy (non-hydrogen) atoms. The summed E-state index contributed by atoms with van der Waals surface area (Å²) in [6.07, 6.45) is 3.66. The van der Waals surface area contributed by atoms with Gasteiger partial charge in [0, 0.05) is 23.8 Å². The molecule has 1 unspecified atom stereocenters. The van der Waals surface area contributed by atoms with Crippen molar-refractivity contribution >= 4 is 5.78 Å². The Morgan fingerprint density at radius 3 is 2.75 bits per heavy atom. The number of hydrogen-bond donors (Lipinski definition) is 1. The molecule has 1 heterocycles. The summed E-state index contributed by atoms with van der Waals surface area (Å²) in [5.74, 6) is 0.828. The largest absolute Gasteiger partial charge is 0.508 e. The van der Waals surface area contributed by atoms with Crippen LogP contribution in [0.1, 0.15) is 58.1 Å². The van der Waals surface area contributed by atoms with Crippen molar-refractivity contribution in [2.45, 2.75) is 64.8 Å². The van der Waals surface area contributed by atoms with E-state index in [4.69, 9.17) is 0 Å². The lowest BCUT2D eigenvalue weighted by atomic mass is 9.49. The number of likely N-dealkylation sites (tertiary alicyclic amines) is 1. The summed E-state index contributed by atoms with van der Waals surface area (Å²) in [5, 5.41) is 10.0. The zero-order valence-corrected chi connectivity index (χ0v) is 15.7. The molecule has 1 aromatic rings. The molecule has 1 aromatic carbocycles. The molecule has 0 amide bonds. The molecule has 1 saturated heterocycles. The molecular weight excluding hydrogens is 298 g/mol. The van der Waals surface area contributed by atoms with Gasteiger partial charge >= 0.3 is 0 Å². The Balaban J connectivity index is 2.03. The second-order valence-electron chi connectivity index (χ2n) is 8.66. The van der Waals surface area contributed by atoms with E-state index in [9.17, 15) is 9.90 Å². The fourth-order valence-corrected chi connectivity index (χ4v) is 5.10. The van der Waals surface area contributed by atoms with Crippen LogP contribution in [0.3, 0.4) is 0 Å². The monoisotopic (exact) mass is 329 g/mol. The summed E-state index contributed by atoms with van der Waals surface area (Å²) in [6, 6.07) is 6.32. The van der Waals surface area contributed by atoms with Gasteiger partial charge in [0.2, 0.25) is 0 Å². The maximum absolute atomic E-state index is 12.3. The predicted octanol–water partition coefficient (Wildman–Crippen LogP) is 3.92. The standard InChI is InChI=1S/C21H31NO2/c1-14(2)18(24)8-9-21(4)19-12-15-6-7-16(23)13-17(15)20(21,3)10-11-22(19)5/h6-7,13-14,19,23H,8-12H2,1-5H3/t19?,20-,21-/m1/s1. The number of likely N-dealkylation sites (N-methyl/N-ethyl adjacent to an activating group) is 1. The number of piperidine rings is 1. The summed E-state index contributed by atoms with van der Waals surface area (Å²) in [5.41, 5.74) is 2.71. The first-order valence-electron chi connectivity index (χ1n) is 9.24. The number of phenolic OH excluding ortho intramolecular Hbond substituents is 1. The first kappa shape index (κ1) is 17.5. The maximum atomic E-state index is 12.3. The van der Waals surface area contributed by atoms with Crippen molar-refractivity contribution in [2.24, 2.45) is 11.3 Å². The van der Waals surface area contributed by atoms with E-state index in [2.05, 4.69) is 31.9 Å². The molecule has 0 radical (unpaired) electrons. The number of phenols is 1. The van der Waals surface area contributed by atoms with Crippen molar-refractivity contribution in [1.29, 1.82) is 0 Å². The maximum Gasteiger partial charge on any atom is 0.135 e. The lowest BCUT2D eigenvalue weighted by Crippen LogP contribution is -2.64. The van der Waals surface area contributed by atoms with E-state index in [1.165, 1.54) is 11.1 Å². The van der Waals surface area contributed by atoms with Crippen LogP contribution in [0.5, 0.6) is 5.75 Å². The van der Waals surface area contributed by atoms with E-state index < -0.39 is 0 Å². The van der Waals surface area contributed by atoms with Gasteiger partial charge in [-0.2, -0.15) is 0 Å². The van der Waals surface area contributed by atoms with Crippen LogP contribution in [0, 0.1) is 11.3 Å². The van der Waals surface area contributed by atoms with Gasteiger partial charge in [0.15, 0.2) is 0 Å². The molecule has 3 rings (SSSR count). The van der Waals surface area contributed by atoms with Crippen LogP contribution in [-0.2, 0) is 16.6 Å². The number of hydrogen-bond acceptors (Lipinski definition) is 3. The Morgan fingerprint density at radius 2 is 2.08 bits per heavy atom. The molecule has 0 aromatic heterocycles. The highest BCUT2D eigenvalue weighted by molar-refractivity contribution is 5.80. The van der Waals surface area contributed by atoms with E-state index in [1.54, 1.807) is 0 Å². The molecule has 1 fully saturated rings. The highest BCUT2D eigenvalue weighted by atomic mass is 16.3. The van der Waals surface area contributed by atoms with E-state index in [0.29, 0.717) is 24.0 Å². The van der Waals surface area contributed by atoms with Crippen molar-refractivity contribution in [1.82, 2.24) is 4.90 Å². The van der Waals surface area contributed by atoms with Gasteiger partial charge in [-0.3, -0.25) is 4.79 Å². The van der Waals surface area contributed by atoms with Gasteiger partial charge in [0.1, 0.15) is 11.5 Å². The molecule has 0 spiro atoms. The number of ketones is 1. The second kappa shape index (κ2) is 5.87. The van der Waals surface area contributed by atoms with Crippen LogP contribution in [0.25, 0.3) is 0 Å². The highest BCUT2D eigenvalue weighted by Crippen LogP contribution is 2.58. The molecule has 1 aliphatic heterocycles. The molecule has 1 N–H and O–H groups in total. The average Bonchev–Trinajstić information content (AvgIpc) is 2.53. The Labute approximate surface area is 146 Å². The third-order valence-electron chi connectivity index (χ3n) is 7.13. The van der Waals surface area contributed by atoms with Crippen LogP contribution < -0.4 is 0 Å². The van der Waals surface area contributed by atoms with Crippen molar-refractivity contribution in [3.63, 3.8) is 0 Å². The van der Waals surface area contributed by atoms with Gasteiger partial charge in [-0.05, 0) is 61.5 Å². The fraction of sp³-hybridized carbons (Fsp3) is 0.667. The van der Waals surface area contributed by atoms with Crippen LogP contribution >= 0.6 is 0 Å². The van der Waals surface area contributed by atoms with Crippen molar-refractivity contribution in [2.75, 3.05) is 13.6 Å². The number of rotatable bonds is 4. The molecule has 2 bridgehead atoms. The van der Waals surface area contributed by atoms with E-state index >= 15 is 0 Å². The molecule has 1 aliphatic carbocycles. The predicted molar refractivity (Wildman–Crippen MR) is 97.4 cm³/mol. The first-order chi connectivity index (χ1) is 11.2. The number of nitrogens with zero attached hydrogens (tertiary/aromatic N) is 1. The number of benzene rings is 1. The Kier molecular flexibility index (Phi) is 4.28. The molecule has 3 heteroatoms. The highest BCUT2D eigenvalue weighted by Gasteiger charge is 2.57. The van der Waals surface area contributed by atoms with Gasteiger partial charge in [-0.25, -0.2) is 0 Å². The summed E-state index contributed by atoms with van der Waals surface area (Å²) < 4.78 is 0. The van der Waals surface area contributed by atoms with Crippen molar-refractivity contribution in [3.8, 4) is 5.75 Å². The van der Waals surface area contributed by atoms with Gasteiger partial charge in [0.05, 0.1) is 0 Å². The third-order valence-corrected chi connectivity index (χ3v) is 7.13. The SMILES string of the molecule is CC(C)C(=O)CC[C@]1(C)C2Cc3ccc(O)cc3[C@@]1(C)CCN2C. The third kappa shape index (κ3) is 2.48.